The van der Waals surface area contributed by atoms with Crippen molar-refractivity contribution < 1.29 is 14.7 Å². The Morgan fingerprint density at radius 3 is 2.06 bits per heavy atom. The number of hydrogen-bond donors (Lipinski definition) is 3. The molecule has 1 aliphatic rings. The minimum absolute atomic E-state index is 0.459. The Bertz CT molecular complexity index is 284. The molecule has 17 heavy (non-hydrogen) atoms. The van der Waals surface area contributed by atoms with Crippen LogP contribution in [0.5, 0.6) is 0 Å². The summed E-state index contributed by atoms with van der Waals surface area (Å²) >= 11 is 0. The smallest absolute Gasteiger partial charge is 0.330 e. The first-order valence-corrected chi connectivity index (χ1v) is 5.96. The van der Waals surface area contributed by atoms with E-state index in [1.165, 1.54) is 5.01 Å². The largest absolute Gasteiger partial charge is 0.480 e. The van der Waals surface area contributed by atoms with Crippen LogP contribution in [0.25, 0.3) is 0 Å². The van der Waals surface area contributed by atoms with Gasteiger partial charge in [-0.2, -0.15) is 0 Å². The van der Waals surface area contributed by atoms with Gasteiger partial charge < -0.3 is 10.4 Å². The van der Waals surface area contributed by atoms with E-state index in [0.717, 1.165) is 25.7 Å². The second-order valence-electron chi connectivity index (χ2n) is 4.76. The lowest BCUT2D eigenvalue weighted by atomic mass is 9.90. The molecule has 0 aliphatic heterocycles. The second-order valence-corrected chi connectivity index (χ2v) is 4.76. The van der Waals surface area contributed by atoms with E-state index in [1.807, 2.05) is 0 Å². The van der Waals surface area contributed by atoms with E-state index in [9.17, 15) is 14.7 Å². The maximum Gasteiger partial charge on any atom is 0.330 e. The van der Waals surface area contributed by atoms with Gasteiger partial charge in [-0.3, -0.25) is 5.43 Å². The van der Waals surface area contributed by atoms with Crippen molar-refractivity contribution in [3.05, 3.63) is 0 Å². The van der Waals surface area contributed by atoms with Gasteiger partial charge in [0.05, 0.1) is 0 Å². The summed E-state index contributed by atoms with van der Waals surface area (Å²) in [6.07, 6.45) is 4.76. The zero-order chi connectivity index (χ0) is 12.9. The van der Waals surface area contributed by atoms with E-state index in [-0.39, 0.29) is 0 Å². The molecule has 2 amide bonds. The molecular formula is C11H21N3O3. The normalized spacial score (nSPS) is 19.5. The van der Waals surface area contributed by atoms with E-state index in [1.54, 1.807) is 14.1 Å². The molecule has 0 heterocycles. The summed E-state index contributed by atoms with van der Waals surface area (Å²) in [5.41, 5.74) is 1.41. The van der Waals surface area contributed by atoms with Crippen molar-refractivity contribution in [1.29, 1.82) is 0 Å². The third-order valence-electron chi connectivity index (χ3n) is 3.04. The highest BCUT2D eigenvalue weighted by molar-refractivity contribution is 5.86. The van der Waals surface area contributed by atoms with E-state index < -0.39 is 17.5 Å². The minimum atomic E-state index is -1.10. The van der Waals surface area contributed by atoms with Gasteiger partial charge in [-0.25, -0.2) is 14.6 Å². The zero-order valence-corrected chi connectivity index (χ0v) is 10.5. The van der Waals surface area contributed by atoms with Crippen LogP contribution < -0.4 is 10.7 Å². The lowest BCUT2D eigenvalue weighted by molar-refractivity contribution is -0.145. The maximum absolute atomic E-state index is 11.6. The molecule has 0 aromatic carbocycles. The number of carboxylic acids is 1. The first-order chi connectivity index (χ1) is 7.96. The number of carbonyl (C=O) groups excluding carboxylic acids is 1. The van der Waals surface area contributed by atoms with Gasteiger partial charge in [-0.1, -0.05) is 25.7 Å². The maximum atomic E-state index is 11.6. The molecule has 1 rings (SSSR count). The molecule has 6 nitrogen and oxygen atoms in total. The Labute approximate surface area is 101 Å². The predicted molar refractivity (Wildman–Crippen MR) is 63.4 cm³/mol. The predicted octanol–water partition coefficient (Wildman–Crippen LogP) is 0.940. The van der Waals surface area contributed by atoms with Crippen molar-refractivity contribution in [2.24, 2.45) is 0 Å². The molecule has 1 aliphatic carbocycles. The van der Waals surface area contributed by atoms with Crippen molar-refractivity contribution in [2.45, 2.75) is 44.1 Å². The van der Waals surface area contributed by atoms with Crippen molar-refractivity contribution in [1.82, 2.24) is 15.8 Å². The molecule has 3 N–H and O–H groups in total. The van der Waals surface area contributed by atoms with Crippen LogP contribution >= 0.6 is 0 Å². The average Bonchev–Trinajstić information content (AvgIpc) is 2.42. The summed E-state index contributed by atoms with van der Waals surface area (Å²) in [4.78, 5) is 23.0. The van der Waals surface area contributed by atoms with Crippen LogP contribution in [0.2, 0.25) is 0 Å². The number of carbonyl (C=O) groups is 2. The summed E-state index contributed by atoms with van der Waals surface area (Å²) < 4.78 is 0. The van der Waals surface area contributed by atoms with Crippen molar-refractivity contribution >= 4 is 12.0 Å². The highest BCUT2D eigenvalue weighted by Gasteiger charge is 2.40. The molecule has 0 atom stereocenters. The minimum Gasteiger partial charge on any atom is -0.480 e. The van der Waals surface area contributed by atoms with Crippen LogP contribution in [0, 0.1) is 0 Å². The van der Waals surface area contributed by atoms with E-state index in [2.05, 4.69) is 10.7 Å². The summed E-state index contributed by atoms with van der Waals surface area (Å²) in [5.74, 6) is -0.937. The van der Waals surface area contributed by atoms with Gasteiger partial charge in [0.2, 0.25) is 0 Å². The first-order valence-electron chi connectivity index (χ1n) is 5.96. The Hall–Kier alpha value is -1.30. The third kappa shape index (κ3) is 3.89. The van der Waals surface area contributed by atoms with Crippen LogP contribution in [-0.4, -0.2) is 41.8 Å². The highest BCUT2D eigenvalue weighted by atomic mass is 16.4. The van der Waals surface area contributed by atoms with Crippen LogP contribution in [0.3, 0.4) is 0 Å². The molecule has 0 radical (unpaired) electrons. The summed E-state index contributed by atoms with van der Waals surface area (Å²) in [6.45, 7) is 0. The van der Waals surface area contributed by atoms with E-state index in [0.29, 0.717) is 12.8 Å². The molecule has 0 unspecified atom stereocenters. The summed E-state index contributed by atoms with van der Waals surface area (Å²) in [5, 5.41) is 13.4. The fourth-order valence-corrected chi connectivity index (χ4v) is 2.17. The number of nitrogens with zero attached hydrogens (tertiary/aromatic N) is 1. The molecule has 0 aromatic heterocycles. The van der Waals surface area contributed by atoms with Gasteiger partial charge in [0.25, 0.3) is 0 Å². The van der Waals surface area contributed by atoms with Gasteiger partial charge in [0, 0.05) is 14.1 Å². The van der Waals surface area contributed by atoms with Crippen molar-refractivity contribution in [2.75, 3.05) is 14.1 Å². The molecule has 1 saturated carbocycles. The molecule has 0 bridgehead atoms. The topological polar surface area (TPSA) is 81.7 Å². The summed E-state index contributed by atoms with van der Waals surface area (Å²) in [7, 11) is 3.36. The lowest BCUT2D eigenvalue weighted by Crippen LogP contribution is -2.58. The lowest BCUT2D eigenvalue weighted by Gasteiger charge is -2.29. The average molecular weight is 243 g/mol. The number of amides is 2. The quantitative estimate of drug-likeness (QED) is 0.509. The fraction of sp³-hybridized carbons (Fsp3) is 0.818. The van der Waals surface area contributed by atoms with Crippen molar-refractivity contribution in [3.63, 3.8) is 0 Å². The van der Waals surface area contributed by atoms with Gasteiger partial charge in [-0.15, -0.1) is 0 Å². The molecule has 98 valence electrons. The molecule has 0 spiro atoms. The number of rotatable bonds is 3. The summed E-state index contributed by atoms with van der Waals surface area (Å²) in [6, 6.07) is -0.459. The monoisotopic (exact) mass is 243 g/mol. The zero-order valence-electron chi connectivity index (χ0n) is 10.5. The molecule has 0 saturated heterocycles. The van der Waals surface area contributed by atoms with E-state index in [4.69, 9.17) is 0 Å². The Morgan fingerprint density at radius 2 is 1.65 bits per heavy atom. The molecular weight excluding hydrogens is 222 g/mol. The van der Waals surface area contributed by atoms with Gasteiger partial charge in [0.15, 0.2) is 0 Å². The molecule has 1 fully saturated rings. The van der Waals surface area contributed by atoms with Crippen LogP contribution in [0.15, 0.2) is 0 Å². The van der Waals surface area contributed by atoms with Gasteiger partial charge in [0.1, 0.15) is 5.54 Å². The third-order valence-corrected chi connectivity index (χ3v) is 3.04. The van der Waals surface area contributed by atoms with Crippen molar-refractivity contribution in [3.8, 4) is 0 Å². The van der Waals surface area contributed by atoms with E-state index >= 15 is 0 Å². The van der Waals surface area contributed by atoms with Gasteiger partial charge >= 0.3 is 12.0 Å². The number of carboxylic acid groups (broad SMARTS) is 1. The standard InChI is InChI=1S/C11H21N3O3/c1-14(2)13-10(17)12-11(9(15)16)7-5-3-4-6-8-11/h3-8H2,1-2H3,(H,15,16)(H2,12,13,17). The SMILES string of the molecule is CN(C)NC(=O)NC1(C(=O)O)CCCCCC1. The number of nitrogens with one attached hydrogen (secondary N) is 2. The number of urea groups is 1. The molecule has 0 aromatic rings. The molecule has 6 heteroatoms. The van der Waals surface area contributed by atoms with Gasteiger partial charge in [-0.05, 0) is 12.8 Å². The Balaban J connectivity index is 2.70. The second kappa shape index (κ2) is 5.86. The number of hydrazine groups is 1. The Kier molecular flexibility index (Phi) is 4.74. The number of aliphatic carboxylic acids is 1. The first kappa shape index (κ1) is 13.8. The highest BCUT2D eigenvalue weighted by Crippen LogP contribution is 2.27. The number of hydrogen-bond acceptors (Lipinski definition) is 3. The van der Waals surface area contributed by atoms with Crippen LogP contribution in [0.1, 0.15) is 38.5 Å². The fourth-order valence-electron chi connectivity index (χ4n) is 2.17. The van der Waals surface area contributed by atoms with Crippen LogP contribution in [0.4, 0.5) is 4.79 Å². The van der Waals surface area contributed by atoms with Crippen LogP contribution in [-0.2, 0) is 4.79 Å². The Morgan fingerprint density at radius 1 is 1.12 bits per heavy atom.